The van der Waals surface area contributed by atoms with Crippen molar-refractivity contribution >= 4 is 17.5 Å². The largest absolute Gasteiger partial charge is 0.394 e. The zero-order valence-corrected chi connectivity index (χ0v) is 12.8. The number of fused-ring (bicyclic) bond motifs is 1. The second-order valence-corrected chi connectivity index (χ2v) is 6.00. The SMILES string of the molecule is O=C(NC(CO)c1ccc(Cl)cc1)C1CCn2cncc2C1. The fourth-order valence-electron chi connectivity index (χ4n) is 2.81. The molecule has 0 bridgehead atoms. The summed E-state index contributed by atoms with van der Waals surface area (Å²) in [5.41, 5.74) is 1.93. The molecule has 0 fully saturated rings. The Morgan fingerprint density at radius 1 is 1.45 bits per heavy atom. The van der Waals surface area contributed by atoms with E-state index in [-0.39, 0.29) is 18.4 Å². The van der Waals surface area contributed by atoms with Gasteiger partial charge in [-0.25, -0.2) is 4.98 Å². The first kappa shape index (κ1) is 15.1. The van der Waals surface area contributed by atoms with E-state index in [9.17, 15) is 9.90 Å². The molecule has 1 aliphatic rings. The van der Waals surface area contributed by atoms with E-state index in [4.69, 9.17) is 11.6 Å². The first-order valence-corrected chi connectivity index (χ1v) is 7.71. The van der Waals surface area contributed by atoms with Gasteiger partial charge in [0.2, 0.25) is 5.91 Å². The van der Waals surface area contributed by atoms with Gasteiger partial charge in [0.1, 0.15) is 0 Å². The van der Waals surface area contributed by atoms with Gasteiger partial charge in [0.15, 0.2) is 0 Å². The second kappa shape index (κ2) is 6.50. The minimum absolute atomic E-state index is 0.0264. The van der Waals surface area contributed by atoms with E-state index < -0.39 is 6.04 Å². The minimum atomic E-state index is -0.406. The zero-order chi connectivity index (χ0) is 15.5. The van der Waals surface area contributed by atoms with Gasteiger partial charge in [-0.2, -0.15) is 0 Å². The van der Waals surface area contributed by atoms with E-state index in [1.165, 1.54) is 0 Å². The van der Waals surface area contributed by atoms with Crippen LogP contribution in [0.1, 0.15) is 23.7 Å². The molecule has 116 valence electrons. The molecule has 2 heterocycles. The van der Waals surface area contributed by atoms with Crippen molar-refractivity contribution in [3.05, 3.63) is 53.1 Å². The van der Waals surface area contributed by atoms with E-state index in [1.807, 2.05) is 18.3 Å². The van der Waals surface area contributed by atoms with Crippen molar-refractivity contribution < 1.29 is 9.90 Å². The van der Waals surface area contributed by atoms with Gasteiger partial charge in [0, 0.05) is 35.8 Å². The van der Waals surface area contributed by atoms with E-state index in [0.29, 0.717) is 11.4 Å². The van der Waals surface area contributed by atoms with Crippen LogP contribution in [0.5, 0.6) is 0 Å². The molecule has 1 aliphatic heterocycles. The van der Waals surface area contributed by atoms with E-state index >= 15 is 0 Å². The Morgan fingerprint density at radius 2 is 2.23 bits per heavy atom. The fourth-order valence-corrected chi connectivity index (χ4v) is 2.94. The highest BCUT2D eigenvalue weighted by molar-refractivity contribution is 6.30. The number of hydrogen-bond donors (Lipinski definition) is 2. The van der Waals surface area contributed by atoms with Gasteiger partial charge in [-0.3, -0.25) is 4.79 Å². The first-order chi connectivity index (χ1) is 10.7. The van der Waals surface area contributed by atoms with Crippen LogP contribution >= 0.6 is 11.6 Å². The van der Waals surface area contributed by atoms with Crippen LogP contribution in [0.25, 0.3) is 0 Å². The molecule has 0 radical (unpaired) electrons. The molecule has 2 aromatic rings. The molecule has 2 unspecified atom stereocenters. The van der Waals surface area contributed by atoms with Crippen molar-refractivity contribution in [2.24, 2.45) is 5.92 Å². The molecular weight excluding hydrogens is 302 g/mol. The number of carbonyl (C=O) groups is 1. The Morgan fingerprint density at radius 3 is 2.95 bits per heavy atom. The van der Waals surface area contributed by atoms with Gasteiger partial charge in [-0.05, 0) is 24.1 Å². The Hall–Kier alpha value is -1.85. The van der Waals surface area contributed by atoms with Crippen molar-refractivity contribution in [3.8, 4) is 0 Å². The monoisotopic (exact) mass is 319 g/mol. The molecule has 6 heteroatoms. The molecule has 0 saturated heterocycles. The highest BCUT2D eigenvalue weighted by atomic mass is 35.5. The summed E-state index contributed by atoms with van der Waals surface area (Å²) in [5, 5.41) is 13.1. The third-order valence-corrected chi connectivity index (χ3v) is 4.37. The molecule has 1 aromatic carbocycles. The van der Waals surface area contributed by atoms with E-state index in [2.05, 4.69) is 14.9 Å². The number of aryl methyl sites for hydroxylation is 1. The molecule has 1 amide bonds. The van der Waals surface area contributed by atoms with Crippen molar-refractivity contribution in [1.82, 2.24) is 14.9 Å². The van der Waals surface area contributed by atoms with Crippen LogP contribution in [-0.4, -0.2) is 27.2 Å². The van der Waals surface area contributed by atoms with Crippen LogP contribution < -0.4 is 5.32 Å². The minimum Gasteiger partial charge on any atom is -0.394 e. The average molecular weight is 320 g/mol. The molecule has 2 atom stereocenters. The number of carbonyl (C=O) groups excluding carboxylic acids is 1. The Balaban J connectivity index is 1.66. The van der Waals surface area contributed by atoms with Crippen LogP contribution in [0.15, 0.2) is 36.8 Å². The van der Waals surface area contributed by atoms with E-state index in [1.54, 1.807) is 18.5 Å². The Bertz CT molecular complexity index is 654. The second-order valence-electron chi connectivity index (χ2n) is 5.56. The molecule has 5 nitrogen and oxygen atoms in total. The summed E-state index contributed by atoms with van der Waals surface area (Å²) in [7, 11) is 0. The molecule has 3 rings (SSSR count). The number of amides is 1. The smallest absolute Gasteiger partial charge is 0.224 e. The lowest BCUT2D eigenvalue weighted by Crippen LogP contribution is -2.38. The van der Waals surface area contributed by atoms with Crippen molar-refractivity contribution in [1.29, 1.82) is 0 Å². The first-order valence-electron chi connectivity index (χ1n) is 7.33. The number of nitrogens with zero attached hydrogens (tertiary/aromatic N) is 2. The lowest BCUT2D eigenvalue weighted by atomic mass is 9.94. The van der Waals surface area contributed by atoms with Gasteiger partial charge in [-0.1, -0.05) is 23.7 Å². The van der Waals surface area contributed by atoms with Crippen LogP contribution in [0, 0.1) is 5.92 Å². The number of imidazole rings is 1. The third kappa shape index (κ3) is 3.15. The van der Waals surface area contributed by atoms with Crippen LogP contribution in [0.4, 0.5) is 0 Å². The van der Waals surface area contributed by atoms with Crippen LogP contribution in [0.3, 0.4) is 0 Å². The zero-order valence-electron chi connectivity index (χ0n) is 12.1. The maximum atomic E-state index is 12.5. The third-order valence-electron chi connectivity index (χ3n) is 4.11. The predicted octanol–water partition coefficient (Wildman–Crippen LogP) is 1.95. The normalized spacial score (nSPS) is 18.5. The van der Waals surface area contributed by atoms with Crippen molar-refractivity contribution in [2.45, 2.75) is 25.4 Å². The lowest BCUT2D eigenvalue weighted by Gasteiger charge is -2.25. The highest BCUT2D eigenvalue weighted by Gasteiger charge is 2.26. The summed E-state index contributed by atoms with van der Waals surface area (Å²) in [6.45, 7) is 0.663. The highest BCUT2D eigenvalue weighted by Crippen LogP contribution is 2.22. The number of aliphatic hydroxyl groups excluding tert-OH is 1. The summed E-state index contributed by atoms with van der Waals surface area (Å²) in [5.74, 6) is -0.105. The average Bonchev–Trinajstić information content (AvgIpc) is 3.01. The van der Waals surface area contributed by atoms with Crippen LogP contribution in [-0.2, 0) is 17.8 Å². The standard InChI is InChI=1S/C16H18ClN3O2/c17-13-3-1-11(2-4-13)15(9-21)19-16(22)12-5-6-20-10-18-8-14(20)7-12/h1-4,8,10,12,15,21H,5-7,9H2,(H,19,22). The molecule has 22 heavy (non-hydrogen) atoms. The predicted molar refractivity (Wildman–Crippen MR) is 83.5 cm³/mol. The Labute approximate surface area is 133 Å². The molecule has 2 N–H and O–H groups in total. The topological polar surface area (TPSA) is 67.2 Å². The van der Waals surface area contributed by atoms with Gasteiger partial charge in [-0.15, -0.1) is 0 Å². The van der Waals surface area contributed by atoms with Crippen molar-refractivity contribution in [3.63, 3.8) is 0 Å². The number of aliphatic hydroxyl groups is 1. The van der Waals surface area contributed by atoms with Crippen molar-refractivity contribution in [2.75, 3.05) is 6.61 Å². The fraction of sp³-hybridized carbons (Fsp3) is 0.375. The number of hydrogen-bond acceptors (Lipinski definition) is 3. The molecule has 0 spiro atoms. The Kier molecular flexibility index (Phi) is 4.45. The lowest BCUT2D eigenvalue weighted by molar-refractivity contribution is -0.126. The van der Waals surface area contributed by atoms with E-state index in [0.717, 1.165) is 24.2 Å². The van der Waals surface area contributed by atoms with Gasteiger partial charge >= 0.3 is 0 Å². The number of nitrogens with one attached hydrogen (secondary N) is 1. The summed E-state index contributed by atoms with van der Waals surface area (Å²) in [6, 6.07) is 6.74. The van der Waals surface area contributed by atoms with Gasteiger partial charge in [0.05, 0.1) is 19.0 Å². The number of halogens is 1. The summed E-state index contributed by atoms with van der Waals surface area (Å²) in [6.07, 6.45) is 5.08. The molecule has 1 aromatic heterocycles. The van der Waals surface area contributed by atoms with Gasteiger partial charge < -0.3 is 15.0 Å². The number of aromatic nitrogens is 2. The molecular formula is C16H18ClN3O2. The number of benzene rings is 1. The summed E-state index contributed by atoms with van der Waals surface area (Å²) in [4.78, 5) is 16.6. The maximum Gasteiger partial charge on any atom is 0.224 e. The maximum absolute atomic E-state index is 12.5. The molecule has 0 saturated carbocycles. The quantitative estimate of drug-likeness (QED) is 0.905. The number of rotatable bonds is 4. The van der Waals surface area contributed by atoms with Gasteiger partial charge in [0.25, 0.3) is 0 Å². The molecule has 0 aliphatic carbocycles. The van der Waals surface area contributed by atoms with Crippen LogP contribution in [0.2, 0.25) is 5.02 Å². The summed E-state index contributed by atoms with van der Waals surface area (Å²) < 4.78 is 2.08. The summed E-state index contributed by atoms with van der Waals surface area (Å²) >= 11 is 5.87.